The van der Waals surface area contributed by atoms with Gasteiger partial charge < -0.3 is 10.4 Å². The van der Waals surface area contributed by atoms with Gasteiger partial charge >= 0.3 is 0 Å². The summed E-state index contributed by atoms with van der Waals surface area (Å²) in [7, 11) is 0. The van der Waals surface area contributed by atoms with Gasteiger partial charge in [-0.1, -0.05) is 49.4 Å². The Morgan fingerprint density at radius 2 is 1.76 bits per heavy atom. The van der Waals surface area contributed by atoms with Gasteiger partial charge in [-0.15, -0.1) is 0 Å². The van der Waals surface area contributed by atoms with E-state index in [-0.39, 0.29) is 23.9 Å². The first kappa shape index (κ1) is 21.5. The summed E-state index contributed by atoms with van der Waals surface area (Å²) in [6, 6.07) is 17.1. The van der Waals surface area contributed by atoms with Gasteiger partial charge in [-0.2, -0.15) is 0 Å². The third kappa shape index (κ3) is 4.59. The van der Waals surface area contributed by atoms with Crippen LogP contribution in [0, 0.1) is 5.82 Å². The summed E-state index contributed by atoms with van der Waals surface area (Å²) in [4.78, 5) is 14.2. The number of anilines is 2. The zero-order valence-electron chi connectivity index (χ0n) is 18.7. The lowest BCUT2D eigenvalue weighted by atomic mass is 9.93. The van der Waals surface area contributed by atoms with Crippen molar-refractivity contribution in [1.29, 1.82) is 0 Å². The number of aliphatic hydroxyl groups excluding tert-OH is 1. The maximum atomic E-state index is 14.4. The second kappa shape index (κ2) is 9.27. The topological polar surface area (TPSA) is 75.9 Å². The largest absolute Gasteiger partial charge is 0.393 e. The highest BCUT2D eigenvalue weighted by atomic mass is 19.1. The van der Waals surface area contributed by atoms with E-state index in [9.17, 15) is 9.50 Å². The van der Waals surface area contributed by atoms with E-state index < -0.39 is 0 Å². The molecule has 2 aromatic carbocycles. The number of imidazole rings is 1. The number of halogens is 1. The number of rotatable bonds is 6. The van der Waals surface area contributed by atoms with Crippen molar-refractivity contribution in [3.05, 3.63) is 78.0 Å². The molecule has 0 aliphatic heterocycles. The molecule has 0 radical (unpaired) electrons. The number of nitrogens with one attached hydrogen (secondary N) is 1. The quantitative estimate of drug-likeness (QED) is 0.408. The fourth-order valence-electron chi connectivity index (χ4n) is 4.63. The SMILES string of the molecule is CC(Cc1ncc2nc(Nc3ccccc3F)n(C3CCC(O)CC3)c2n1)c1ccccc1. The van der Waals surface area contributed by atoms with Crippen molar-refractivity contribution >= 4 is 22.8 Å². The van der Waals surface area contributed by atoms with E-state index >= 15 is 0 Å². The molecular formula is C26H28FN5O. The van der Waals surface area contributed by atoms with Crippen molar-refractivity contribution in [3.63, 3.8) is 0 Å². The van der Waals surface area contributed by atoms with E-state index in [1.165, 1.54) is 11.6 Å². The van der Waals surface area contributed by atoms with Crippen LogP contribution in [0.15, 0.2) is 60.8 Å². The first-order chi connectivity index (χ1) is 16.1. The summed E-state index contributed by atoms with van der Waals surface area (Å²) < 4.78 is 16.4. The molecule has 5 rings (SSSR count). The molecule has 170 valence electrons. The van der Waals surface area contributed by atoms with Gasteiger partial charge in [-0.25, -0.2) is 19.3 Å². The summed E-state index contributed by atoms with van der Waals surface area (Å²) in [6.45, 7) is 2.17. The summed E-state index contributed by atoms with van der Waals surface area (Å²) >= 11 is 0. The third-order valence-corrected chi connectivity index (χ3v) is 6.49. The lowest BCUT2D eigenvalue weighted by molar-refractivity contribution is 0.112. The van der Waals surface area contributed by atoms with Crippen LogP contribution in [0.3, 0.4) is 0 Å². The highest BCUT2D eigenvalue weighted by molar-refractivity contribution is 5.75. The van der Waals surface area contributed by atoms with Crippen LogP contribution in [0.25, 0.3) is 11.2 Å². The van der Waals surface area contributed by atoms with E-state index in [0.29, 0.717) is 23.6 Å². The van der Waals surface area contributed by atoms with Crippen LogP contribution in [-0.2, 0) is 6.42 Å². The van der Waals surface area contributed by atoms with Crippen LogP contribution in [0.1, 0.15) is 56.0 Å². The summed E-state index contributed by atoms with van der Waals surface area (Å²) in [6.07, 6.45) is 5.30. The van der Waals surface area contributed by atoms with Crippen molar-refractivity contribution in [2.75, 3.05) is 5.32 Å². The Bertz CT molecular complexity index is 1230. The van der Waals surface area contributed by atoms with Crippen molar-refractivity contribution in [2.24, 2.45) is 0 Å². The van der Waals surface area contributed by atoms with E-state index in [4.69, 9.17) is 9.97 Å². The maximum absolute atomic E-state index is 14.4. The number of nitrogens with zero attached hydrogens (tertiary/aromatic N) is 4. The predicted molar refractivity (Wildman–Crippen MR) is 127 cm³/mol. The van der Waals surface area contributed by atoms with Crippen LogP contribution in [0.4, 0.5) is 16.0 Å². The van der Waals surface area contributed by atoms with Crippen molar-refractivity contribution in [2.45, 2.75) is 57.1 Å². The zero-order chi connectivity index (χ0) is 22.8. The second-order valence-electron chi connectivity index (χ2n) is 8.88. The Morgan fingerprint density at radius 1 is 1.03 bits per heavy atom. The normalized spacial score (nSPS) is 19.5. The van der Waals surface area contributed by atoms with Crippen LogP contribution in [0.2, 0.25) is 0 Å². The molecule has 1 aliphatic rings. The highest BCUT2D eigenvalue weighted by Gasteiger charge is 2.26. The van der Waals surface area contributed by atoms with E-state index in [1.54, 1.807) is 24.4 Å². The number of hydrogen-bond acceptors (Lipinski definition) is 5. The lowest BCUT2D eigenvalue weighted by Gasteiger charge is -2.28. The predicted octanol–water partition coefficient (Wildman–Crippen LogP) is 5.53. The molecule has 2 heterocycles. The monoisotopic (exact) mass is 445 g/mol. The number of fused-ring (bicyclic) bond motifs is 1. The summed E-state index contributed by atoms with van der Waals surface area (Å²) in [5.74, 6) is 1.26. The summed E-state index contributed by atoms with van der Waals surface area (Å²) in [5, 5.41) is 13.2. The minimum absolute atomic E-state index is 0.127. The molecule has 1 aliphatic carbocycles. The smallest absolute Gasteiger partial charge is 0.210 e. The minimum Gasteiger partial charge on any atom is -0.393 e. The van der Waals surface area contributed by atoms with E-state index in [1.807, 2.05) is 18.2 Å². The Labute approximate surface area is 192 Å². The molecule has 2 N–H and O–H groups in total. The molecule has 1 atom stereocenters. The Morgan fingerprint density at radius 3 is 2.52 bits per heavy atom. The van der Waals surface area contributed by atoms with Gasteiger partial charge in [0, 0.05) is 12.5 Å². The molecular weight excluding hydrogens is 417 g/mol. The first-order valence-electron chi connectivity index (χ1n) is 11.6. The molecule has 6 nitrogen and oxygen atoms in total. The van der Waals surface area contributed by atoms with Gasteiger partial charge in [0.1, 0.15) is 17.2 Å². The van der Waals surface area contributed by atoms with Crippen LogP contribution in [-0.4, -0.2) is 30.7 Å². The standard InChI is InChI=1S/C26H28FN5O/c1-17(18-7-3-2-4-8-18)15-24-28-16-23-25(31-24)32(19-11-13-20(33)14-12-19)26(30-23)29-22-10-6-5-9-21(22)27/h2-10,16-17,19-20,33H,11-15H2,1H3,(H,29,30). The number of para-hydroxylation sites is 1. The molecule has 0 bridgehead atoms. The number of hydrogen-bond donors (Lipinski definition) is 2. The van der Waals surface area contributed by atoms with Gasteiger partial charge in [0.05, 0.1) is 18.0 Å². The van der Waals surface area contributed by atoms with Crippen LogP contribution >= 0.6 is 0 Å². The molecule has 0 spiro atoms. The fraction of sp³-hybridized carbons (Fsp3) is 0.346. The molecule has 2 aromatic heterocycles. The van der Waals surface area contributed by atoms with Gasteiger partial charge in [-0.05, 0) is 49.3 Å². The molecule has 0 saturated heterocycles. The molecule has 1 unspecified atom stereocenters. The average molecular weight is 446 g/mol. The fourth-order valence-corrected chi connectivity index (χ4v) is 4.63. The maximum Gasteiger partial charge on any atom is 0.210 e. The highest BCUT2D eigenvalue weighted by Crippen LogP contribution is 2.35. The third-order valence-electron chi connectivity index (χ3n) is 6.49. The average Bonchev–Trinajstić information content (AvgIpc) is 3.19. The van der Waals surface area contributed by atoms with Crippen molar-refractivity contribution in [1.82, 2.24) is 19.5 Å². The van der Waals surface area contributed by atoms with Gasteiger partial charge in [0.15, 0.2) is 5.65 Å². The first-order valence-corrected chi connectivity index (χ1v) is 11.6. The zero-order valence-corrected chi connectivity index (χ0v) is 18.7. The molecule has 1 fully saturated rings. The molecule has 1 saturated carbocycles. The number of benzene rings is 2. The van der Waals surface area contributed by atoms with Crippen molar-refractivity contribution < 1.29 is 9.50 Å². The van der Waals surface area contributed by atoms with Gasteiger partial charge in [0.2, 0.25) is 5.95 Å². The van der Waals surface area contributed by atoms with Crippen LogP contribution < -0.4 is 5.32 Å². The summed E-state index contributed by atoms with van der Waals surface area (Å²) in [5.41, 5.74) is 3.05. The number of aromatic nitrogens is 4. The van der Waals surface area contributed by atoms with Crippen molar-refractivity contribution in [3.8, 4) is 0 Å². The Kier molecular flexibility index (Phi) is 6.05. The Hall–Kier alpha value is -3.32. The molecule has 0 amide bonds. The minimum atomic E-state index is -0.335. The van der Waals surface area contributed by atoms with Crippen LogP contribution in [0.5, 0.6) is 0 Å². The molecule has 7 heteroatoms. The molecule has 33 heavy (non-hydrogen) atoms. The Balaban J connectivity index is 1.52. The lowest BCUT2D eigenvalue weighted by Crippen LogP contribution is -2.22. The molecule has 4 aromatic rings. The second-order valence-corrected chi connectivity index (χ2v) is 8.88. The van der Waals surface area contributed by atoms with E-state index in [2.05, 4.69) is 33.9 Å². The van der Waals surface area contributed by atoms with E-state index in [0.717, 1.165) is 37.2 Å². The van der Waals surface area contributed by atoms with Gasteiger partial charge in [0.25, 0.3) is 0 Å². The van der Waals surface area contributed by atoms with Gasteiger partial charge in [-0.3, -0.25) is 4.57 Å². The number of aliphatic hydroxyl groups is 1.